The number of carbonyl (C=O) groups is 2. The maximum absolute atomic E-state index is 13.1. The maximum atomic E-state index is 13.1. The predicted molar refractivity (Wildman–Crippen MR) is 101 cm³/mol. The molecule has 0 amide bonds. The van der Waals surface area contributed by atoms with E-state index < -0.39 is 66.8 Å². The van der Waals surface area contributed by atoms with Gasteiger partial charge in [0, 0.05) is 5.92 Å². The first-order chi connectivity index (χ1) is 14.1. The van der Waals surface area contributed by atoms with Crippen LogP contribution < -0.4 is 0 Å². The number of aliphatic hydroxyl groups excluding tert-OH is 4. The maximum Gasteiger partial charge on any atom is 0.309 e. The van der Waals surface area contributed by atoms with Gasteiger partial charge in [0.2, 0.25) is 0 Å². The molecule has 0 spiro atoms. The molecule has 0 radical (unpaired) electrons. The fourth-order valence-electron chi connectivity index (χ4n) is 5.79. The minimum absolute atomic E-state index is 0.0479. The molecule has 2 heterocycles. The molecule has 4 N–H and O–H groups in total. The van der Waals surface area contributed by atoms with Crippen molar-refractivity contribution in [2.24, 2.45) is 29.1 Å². The van der Waals surface area contributed by atoms with Crippen LogP contribution in [0.3, 0.4) is 0 Å². The van der Waals surface area contributed by atoms with Crippen LogP contribution in [0, 0.1) is 29.1 Å². The Labute approximate surface area is 174 Å². The third kappa shape index (κ3) is 3.06. The highest BCUT2D eigenvalue weighted by Gasteiger charge is 2.63. The standard InChI is InChI=1S/C21H30O9/c1-8-6-11-14(9(2)19(27)28-11)18(21(3)10(8)4-5-13(21)23)30-20-17(26)16(25)15(24)12(7-22)29-20/h4-5,8-12,14-18,20,22,24-26H,6-7H2,1-3H3/t8-,9-,10+,11-,12-,14-,15-,16+,17-,18?,20+,21+/m1/s1. The summed E-state index contributed by atoms with van der Waals surface area (Å²) in [6, 6.07) is 0. The SMILES string of the molecule is C[C@@H]1C[C@H]2OC(=O)[C@H](C)[C@H]2C(O[C@@H]2O[C@H](CO)[C@@H](O)[C@H](O)[C@H]2O)[C@]2(C)C(=O)C=C[C@@H]12. The first-order valence-corrected chi connectivity index (χ1v) is 10.5. The van der Waals surface area contributed by atoms with Crippen molar-refractivity contribution in [3.63, 3.8) is 0 Å². The zero-order valence-corrected chi connectivity index (χ0v) is 17.2. The first-order valence-electron chi connectivity index (χ1n) is 10.5. The topological polar surface area (TPSA) is 143 Å². The molecule has 3 fully saturated rings. The molecule has 168 valence electrons. The summed E-state index contributed by atoms with van der Waals surface area (Å²) < 4.78 is 17.4. The molecule has 0 aromatic rings. The Hall–Kier alpha value is -1.36. The fourth-order valence-corrected chi connectivity index (χ4v) is 5.79. The highest BCUT2D eigenvalue weighted by atomic mass is 16.7. The summed E-state index contributed by atoms with van der Waals surface area (Å²) in [5.41, 5.74) is -1.01. The summed E-state index contributed by atoms with van der Waals surface area (Å²) in [5, 5.41) is 40.2. The molecule has 0 aromatic heterocycles. The molecular weight excluding hydrogens is 396 g/mol. The molecule has 2 aliphatic carbocycles. The molecule has 1 unspecified atom stereocenters. The van der Waals surface area contributed by atoms with Crippen molar-refractivity contribution in [1.29, 1.82) is 0 Å². The Morgan fingerprint density at radius 1 is 1.17 bits per heavy atom. The van der Waals surface area contributed by atoms with Gasteiger partial charge in [-0.05, 0) is 31.3 Å². The first kappa shape index (κ1) is 21.9. The van der Waals surface area contributed by atoms with Crippen LogP contribution in [0.4, 0.5) is 0 Å². The Morgan fingerprint density at radius 3 is 2.53 bits per heavy atom. The van der Waals surface area contributed by atoms with Crippen molar-refractivity contribution in [2.75, 3.05) is 6.61 Å². The number of hydrogen-bond acceptors (Lipinski definition) is 9. The highest BCUT2D eigenvalue weighted by Crippen LogP contribution is 2.55. The lowest BCUT2D eigenvalue weighted by Crippen LogP contribution is -2.61. The molecule has 4 aliphatic rings. The lowest BCUT2D eigenvalue weighted by atomic mass is 9.66. The Balaban J connectivity index is 1.72. The highest BCUT2D eigenvalue weighted by molar-refractivity contribution is 5.98. The van der Waals surface area contributed by atoms with E-state index in [-0.39, 0.29) is 23.6 Å². The number of hydrogen-bond donors (Lipinski definition) is 4. The number of ketones is 1. The van der Waals surface area contributed by atoms with Crippen LogP contribution in [0.25, 0.3) is 0 Å². The van der Waals surface area contributed by atoms with E-state index in [1.54, 1.807) is 13.8 Å². The van der Waals surface area contributed by atoms with E-state index in [9.17, 15) is 30.0 Å². The molecule has 4 rings (SSSR count). The minimum atomic E-state index is -1.60. The second-order valence-corrected chi connectivity index (χ2v) is 9.34. The van der Waals surface area contributed by atoms with Crippen LogP contribution in [-0.2, 0) is 23.8 Å². The van der Waals surface area contributed by atoms with Gasteiger partial charge in [-0.25, -0.2) is 0 Å². The van der Waals surface area contributed by atoms with Crippen LogP contribution >= 0.6 is 0 Å². The van der Waals surface area contributed by atoms with E-state index in [4.69, 9.17) is 14.2 Å². The summed E-state index contributed by atoms with van der Waals surface area (Å²) in [6.07, 6.45) is -4.54. The van der Waals surface area contributed by atoms with Crippen molar-refractivity contribution >= 4 is 11.8 Å². The third-order valence-corrected chi connectivity index (χ3v) is 7.61. The number of ether oxygens (including phenoxy) is 3. The summed E-state index contributed by atoms with van der Waals surface area (Å²) >= 11 is 0. The number of carbonyl (C=O) groups excluding carboxylic acids is 2. The van der Waals surface area contributed by atoms with Gasteiger partial charge >= 0.3 is 5.97 Å². The number of fused-ring (bicyclic) bond motifs is 2. The van der Waals surface area contributed by atoms with Crippen LogP contribution in [0.5, 0.6) is 0 Å². The van der Waals surface area contributed by atoms with Crippen LogP contribution in [-0.4, -0.2) is 81.7 Å². The zero-order valence-electron chi connectivity index (χ0n) is 17.2. The van der Waals surface area contributed by atoms with Gasteiger partial charge in [-0.1, -0.05) is 19.9 Å². The van der Waals surface area contributed by atoms with Gasteiger partial charge in [0.25, 0.3) is 0 Å². The molecule has 9 nitrogen and oxygen atoms in total. The molecule has 30 heavy (non-hydrogen) atoms. The molecule has 12 atom stereocenters. The predicted octanol–water partition coefficient (Wildman–Crippen LogP) is -0.850. The fraction of sp³-hybridized carbons (Fsp3) is 0.810. The van der Waals surface area contributed by atoms with Gasteiger partial charge in [0.05, 0.1) is 24.0 Å². The van der Waals surface area contributed by atoms with Crippen molar-refractivity contribution in [3.05, 3.63) is 12.2 Å². The summed E-state index contributed by atoms with van der Waals surface area (Å²) in [5.74, 6) is -1.59. The van der Waals surface area contributed by atoms with Crippen molar-refractivity contribution in [1.82, 2.24) is 0 Å². The Morgan fingerprint density at radius 2 is 1.87 bits per heavy atom. The summed E-state index contributed by atoms with van der Waals surface area (Å²) in [6.45, 7) is 4.95. The lowest BCUT2D eigenvalue weighted by molar-refractivity contribution is -0.324. The average Bonchev–Trinajstić information content (AvgIpc) is 3.13. The lowest BCUT2D eigenvalue weighted by Gasteiger charge is -2.46. The zero-order chi connectivity index (χ0) is 22.0. The Kier molecular flexibility index (Phi) is 5.57. The molecule has 2 saturated heterocycles. The smallest absolute Gasteiger partial charge is 0.309 e. The molecule has 9 heteroatoms. The van der Waals surface area contributed by atoms with E-state index in [0.717, 1.165) is 0 Å². The summed E-state index contributed by atoms with van der Waals surface area (Å²) in [7, 11) is 0. The van der Waals surface area contributed by atoms with E-state index in [2.05, 4.69) is 0 Å². The molecule has 2 aliphatic heterocycles. The molecule has 0 aromatic carbocycles. The average molecular weight is 426 g/mol. The Bertz CT molecular complexity index is 736. The normalized spacial score (nSPS) is 53.2. The molecular formula is C21H30O9. The van der Waals surface area contributed by atoms with Gasteiger partial charge in [-0.3, -0.25) is 9.59 Å². The quantitative estimate of drug-likeness (QED) is 0.424. The van der Waals surface area contributed by atoms with Crippen molar-refractivity contribution in [2.45, 2.75) is 70.1 Å². The van der Waals surface area contributed by atoms with Gasteiger partial charge in [-0.15, -0.1) is 0 Å². The van der Waals surface area contributed by atoms with Gasteiger partial charge < -0.3 is 34.6 Å². The van der Waals surface area contributed by atoms with E-state index >= 15 is 0 Å². The summed E-state index contributed by atoms with van der Waals surface area (Å²) in [4.78, 5) is 25.4. The number of esters is 1. The van der Waals surface area contributed by atoms with Crippen LogP contribution in [0.1, 0.15) is 27.2 Å². The third-order valence-electron chi connectivity index (χ3n) is 7.61. The number of aliphatic hydroxyl groups is 4. The van der Waals surface area contributed by atoms with Crippen LogP contribution in [0.15, 0.2) is 12.2 Å². The van der Waals surface area contributed by atoms with Gasteiger partial charge in [-0.2, -0.15) is 0 Å². The van der Waals surface area contributed by atoms with Crippen LogP contribution in [0.2, 0.25) is 0 Å². The monoisotopic (exact) mass is 426 g/mol. The largest absolute Gasteiger partial charge is 0.462 e. The number of rotatable bonds is 3. The number of allylic oxidation sites excluding steroid dienone is 2. The second-order valence-electron chi connectivity index (χ2n) is 9.34. The van der Waals surface area contributed by atoms with Gasteiger partial charge in [0.15, 0.2) is 12.1 Å². The molecule has 1 saturated carbocycles. The van der Waals surface area contributed by atoms with E-state index in [0.29, 0.717) is 6.42 Å². The van der Waals surface area contributed by atoms with Crippen molar-refractivity contribution in [3.8, 4) is 0 Å². The van der Waals surface area contributed by atoms with Gasteiger partial charge in [0.1, 0.15) is 30.5 Å². The molecule has 0 bridgehead atoms. The minimum Gasteiger partial charge on any atom is -0.462 e. The van der Waals surface area contributed by atoms with E-state index in [1.165, 1.54) is 6.08 Å². The second kappa shape index (κ2) is 7.65. The van der Waals surface area contributed by atoms with E-state index in [1.807, 2.05) is 13.0 Å². The van der Waals surface area contributed by atoms with Crippen molar-refractivity contribution < 1.29 is 44.2 Å².